The SMILES string of the molecule is Cc1ccc(C(=O)N2CCC3(CC2)CC(c2ccccc2)C(=O)N3C)cc1. The molecular formula is C23H26N2O2. The van der Waals surface area contributed by atoms with Gasteiger partial charge in [-0.05, 0) is 43.9 Å². The van der Waals surface area contributed by atoms with Gasteiger partial charge in [0.25, 0.3) is 5.91 Å². The van der Waals surface area contributed by atoms with Crippen molar-refractivity contribution in [2.24, 2.45) is 0 Å². The normalized spacial score (nSPS) is 21.7. The fraction of sp³-hybridized carbons (Fsp3) is 0.391. The Morgan fingerprint density at radius 3 is 2.26 bits per heavy atom. The molecule has 0 aromatic heterocycles. The van der Waals surface area contributed by atoms with Crippen LogP contribution in [-0.2, 0) is 4.79 Å². The highest BCUT2D eigenvalue weighted by Crippen LogP contribution is 2.44. The maximum atomic E-state index is 12.9. The third-order valence-corrected chi connectivity index (χ3v) is 6.41. The largest absolute Gasteiger partial charge is 0.339 e. The number of hydrogen-bond acceptors (Lipinski definition) is 2. The van der Waals surface area contributed by atoms with Crippen LogP contribution in [0.1, 0.15) is 46.7 Å². The van der Waals surface area contributed by atoms with Crippen LogP contribution < -0.4 is 0 Å². The molecule has 0 saturated carbocycles. The molecule has 1 spiro atoms. The van der Waals surface area contributed by atoms with Gasteiger partial charge in [0.1, 0.15) is 0 Å². The summed E-state index contributed by atoms with van der Waals surface area (Å²) in [4.78, 5) is 29.6. The topological polar surface area (TPSA) is 40.6 Å². The van der Waals surface area contributed by atoms with Crippen LogP contribution in [-0.4, -0.2) is 47.3 Å². The van der Waals surface area contributed by atoms with Crippen molar-refractivity contribution in [1.29, 1.82) is 0 Å². The molecule has 2 aliphatic rings. The van der Waals surface area contributed by atoms with Crippen molar-refractivity contribution in [2.45, 2.75) is 37.6 Å². The molecule has 4 nitrogen and oxygen atoms in total. The highest BCUT2D eigenvalue weighted by Gasteiger charge is 2.50. The lowest BCUT2D eigenvalue weighted by Gasteiger charge is -2.43. The van der Waals surface area contributed by atoms with E-state index in [2.05, 4.69) is 0 Å². The Balaban J connectivity index is 1.47. The molecule has 140 valence electrons. The van der Waals surface area contributed by atoms with E-state index >= 15 is 0 Å². The van der Waals surface area contributed by atoms with Crippen molar-refractivity contribution < 1.29 is 9.59 Å². The monoisotopic (exact) mass is 362 g/mol. The number of piperidine rings is 1. The van der Waals surface area contributed by atoms with Gasteiger partial charge in [-0.1, -0.05) is 48.0 Å². The van der Waals surface area contributed by atoms with Crippen LogP contribution in [0, 0.1) is 6.92 Å². The number of benzene rings is 2. The number of hydrogen-bond donors (Lipinski definition) is 0. The molecule has 2 aliphatic heterocycles. The summed E-state index contributed by atoms with van der Waals surface area (Å²) in [5, 5.41) is 0. The summed E-state index contributed by atoms with van der Waals surface area (Å²) in [5.74, 6) is 0.242. The molecule has 27 heavy (non-hydrogen) atoms. The highest BCUT2D eigenvalue weighted by atomic mass is 16.2. The summed E-state index contributed by atoms with van der Waals surface area (Å²) in [5.41, 5.74) is 2.88. The third kappa shape index (κ3) is 3.14. The van der Waals surface area contributed by atoms with Crippen LogP contribution in [0.25, 0.3) is 0 Å². The zero-order valence-electron chi connectivity index (χ0n) is 16.0. The minimum absolute atomic E-state index is 0.0597. The molecule has 2 aromatic carbocycles. The lowest BCUT2D eigenvalue weighted by atomic mass is 9.81. The van der Waals surface area contributed by atoms with E-state index in [0.717, 1.165) is 36.0 Å². The number of carbonyl (C=O) groups excluding carboxylic acids is 2. The van der Waals surface area contributed by atoms with Crippen molar-refractivity contribution >= 4 is 11.8 Å². The van der Waals surface area contributed by atoms with Crippen molar-refractivity contribution in [3.05, 3.63) is 71.3 Å². The van der Waals surface area contributed by atoms with E-state index < -0.39 is 0 Å². The molecule has 1 atom stereocenters. The molecule has 2 amide bonds. The predicted octanol–water partition coefficient (Wildman–Crippen LogP) is 3.62. The van der Waals surface area contributed by atoms with E-state index in [1.165, 1.54) is 0 Å². The molecule has 0 bridgehead atoms. The first kappa shape index (κ1) is 17.8. The average Bonchev–Trinajstić information content (AvgIpc) is 2.95. The van der Waals surface area contributed by atoms with Crippen LogP contribution >= 0.6 is 0 Å². The van der Waals surface area contributed by atoms with Crippen molar-refractivity contribution in [3.8, 4) is 0 Å². The fourth-order valence-electron chi connectivity index (χ4n) is 4.56. The van der Waals surface area contributed by atoms with Crippen LogP contribution in [0.15, 0.2) is 54.6 Å². The molecule has 4 rings (SSSR count). The van der Waals surface area contributed by atoms with E-state index in [4.69, 9.17) is 0 Å². The van der Waals surface area contributed by atoms with Crippen molar-refractivity contribution in [2.75, 3.05) is 20.1 Å². The van der Waals surface area contributed by atoms with E-state index in [1.807, 2.05) is 78.4 Å². The van der Waals surface area contributed by atoms with Crippen LogP contribution in [0.3, 0.4) is 0 Å². The summed E-state index contributed by atoms with van der Waals surface area (Å²) in [7, 11) is 1.93. The molecule has 2 heterocycles. The Morgan fingerprint density at radius 1 is 1.00 bits per heavy atom. The van der Waals surface area contributed by atoms with Gasteiger partial charge in [0, 0.05) is 31.2 Å². The van der Waals surface area contributed by atoms with E-state index in [-0.39, 0.29) is 23.3 Å². The predicted molar refractivity (Wildman–Crippen MR) is 106 cm³/mol. The maximum Gasteiger partial charge on any atom is 0.253 e. The summed E-state index contributed by atoms with van der Waals surface area (Å²) in [6, 6.07) is 17.8. The molecule has 2 fully saturated rings. The molecule has 2 aromatic rings. The summed E-state index contributed by atoms with van der Waals surface area (Å²) >= 11 is 0. The average molecular weight is 362 g/mol. The zero-order chi connectivity index (χ0) is 19.0. The summed E-state index contributed by atoms with van der Waals surface area (Å²) in [6.45, 7) is 3.42. The van der Waals surface area contributed by atoms with Crippen LogP contribution in [0.4, 0.5) is 0 Å². The maximum absolute atomic E-state index is 12.9. The zero-order valence-corrected chi connectivity index (χ0v) is 16.0. The van der Waals surface area contributed by atoms with E-state index in [1.54, 1.807) is 0 Å². The number of nitrogens with zero attached hydrogens (tertiary/aromatic N) is 2. The number of rotatable bonds is 2. The number of amides is 2. The van der Waals surface area contributed by atoms with Crippen LogP contribution in [0.2, 0.25) is 0 Å². The first-order valence-electron chi connectivity index (χ1n) is 9.69. The highest BCUT2D eigenvalue weighted by molar-refractivity contribution is 5.94. The molecule has 0 N–H and O–H groups in total. The molecule has 2 saturated heterocycles. The quantitative estimate of drug-likeness (QED) is 0.819. The second kappa shape index (κ2) is 6.84. The minimum atomic E-state index is -0.123. The molecular weight excluding hydrogens is 336 g/mol. The molecule has 4 heteroatoms. The van der Waals surface area contributed by atoms with E-state index in [9.17, 15) is 9.59 Å². The van der Waals surface area contributed by atoms with Gasteiger partial charge in [-0.2, -0.15) is 0 Å². The van der Waals surface area contributed by atoms with Gasteiger partial charge in [0.15, 0.2) is 0 Å². The lowest BCUT2D eigenvalue weighted by Crippen LogP contribution is -2.52. The smallest absolute Gasteiger partial charge is 0.253 e. The van der Waals surface area contributed by atoms with Gasteiger partial charge in [0.2, 0.25) is 5.91 Å². The second-order valence-electron chi connectivity index (χ2n) is 7.95. The molecule has 0 aliphatic carbocycles. The summed E-state index contributed by atoms with van der Waals surface area (Å²) < 4.78 is 0. The van der Waals surface area contributed by atoms with Gasteiger partial charge in [-0.3, -0.25) is 9.59 Å². The van der Waals surface area contributed by atoms with Gasteiger partial charge < -0.3 is 9.80 Å². The molecule has 1 unspecified atom stereocenters. The molecule has 0 radical (unpaired) electrons. The second-order valence-corrected chi connectivity index (χ2v) is 7.95. The number of aryl methyl sites for hydroxylation is 1. The standard InChI is InChI=1S/C23H26N2O2/c1-17-8-10-19(11-9-17)21(26)25-14-12-23(13-15-25)16-20(22(27)24(23)2)18-6-4-3-5-7-18/h3-11,20H,12-16H2,1-2H3. The van der Waals surface area contributed by atoms with E-state index in [0.29, 0.717) is 13.1 Å². The summed E-state index contributed by atoms with van der Waals surface area (Å²) in [6.07, 6.45) is 2.53. The van der Waals surface area contributed by atoms with Gasteiger partial charge in [-0.25, -0.2) is 0 Å². The Morgan fingerprint density at radius 2 is 1.63 bits per heavy atom. The first-order chi connectivity index (χ1) is 13.0. The minimum Gasteiger partial charge on any atom is -0.339 e. The van der Waals surface area contributed by atoms with Gasteiger partial charge >= 0.3 is 0 Å². The number of likely N-dealkylation sites (tertiary alicyclic amines) is 2. The Labute approximate surface area is 160 Å². The lowest BCUT2D eigenvalue weighted by molar-refractivity contribution is -0.131. The van der Waals surface area contributed by atoms with Crippen LogP contribution in [0.5, 0.6) is 0 Å². The first-order valence-corrected chi connectivity index (χ1v) is 9.69. The number of likely N-dealkylation sites (N-methyl/N-ethyl adjacent to an activating group) is 1. The Hall–Kier alpha value is -2.62. The van der Waals surface area contributed by atoms with Crippen molar-refractivity contribution in [3.63, 3.8) is 0 Å². The third-order valence-electron chi connectivity index (χ3n) is 6.41. The van der Waals surface area contributed by atoms with Gasteiger partial charge in [-0.15, -0.1) is 0 Å². The van der Waals surface area contributed by atoms with Crippen molar-refractivity contribution in [1.82, 2.24) is 9.80 Å². The number of carbonyl (C=O) groups is 2. The fourth-order valence-corrected chi connectivity index (χ4v) is 4.56. The van der Waals surface area contributed by atoms with Gasteiger partial charge in [0.05, 0.1) is 5.92 Å². The Kier molecular flexibility index (Phi) is 4.50. The Bertz CT molecular complexity index is 836.